The van der Waals surface area contributed by atoms with Crippen molar-refractivity contribution in [3.05, 3.63) is 53.6 Å². The third-order valence-electron chi connectivity index (χ3n) is 3.74. The molecule has 2 aromatic carbocycles. The summed E-state index contributed by atoms with van der Waals surface area (Å²) >= 11 is 0. The number of phenols is 1. The van der Waals surface area contributed by atoms with Crippen LogP contribution in [0.1, 0.15) is 31.9 Å². The number of carbonyl (C=O) groups excluding carboxylic acids is 2. The molecule has 0 aliphatic heterocycles. The van der Waals surface area contributed by atoms with E-state index < -0.39 is 11.7 Å². The summed E-state index contributed by atoms with van der Waals surface area (Å²) in [7, 11) is 1.36. The van der Waals surface area contributed by atoms with Crippen LogP contribution >= 0.6 is 0 Å². The Morgan fingerprint density at radius 2 is 1.78 bits per heavy atom. The Morgan fingerprint density at radius 3 is 2.44 bits per heavy atom. The normalized spacial score (nSPS) is 11.0. The van der Waals surface area contributed by atoms with Gasteiger partial charge in [-0.3, -0.25) is 4.79 Å². The molecule has 0 aliphatic rings. The molecule has 27 heavy (non-hydrogen) atoms. The molecular weight excluding hydrogens is 346 g/mol. The lowest BCUT2D eigenvalue weighted by Gasteiger charge is -2.20. The van der Waals surface area contributed by atoms with E-state index in [2.05, 4.69) is 5.32 Å². The molecule has 6 nitrogen and oxygen atoms in total. The van der Waals surface area contributed by atoms with E-state index in [1.54, 1.807) is 39.0 Å². The highest BCUT2D eigenvalue weighted by Crippen LogP contribution is 2.27. The van der Waals surface area contributed by atoms with Crippen LogP contribution in [0, 0.1) is 0 Å². The van der Waals surface area contributed by atoms with Crippen molar-refractivity contribution < 1.29 is 24.2 Å². The Bertz CT molecular complexity index is 824. The van der Waals surface area contributed by atoms with E-state index in [0.29, 0.717) is 5.56 Å². The number of alkyl carbamates (subject to hydrolysis) is 1. The molecule has 0 atom stereocenters. The van der Waals surface area contributed by atoms with Crippen LogP contribution in [0.25, 0.3) is 11.1 Å². The minimum Gasteiger partial charge on any atom is -0.508 e. The van der Waals surface area contributed by atoms with Crippen LogP contribution < -0.4 is 5.32 Å². The Hall–Kier alpha value is -3.02. The number of hydrogen-bond donors (Lipinski definition) is 2. The number of hydrogen-bond acceptors (Lipinski definition) is 5. The van der Waals surface area contributed by atoms with Crippen LogP contribution in [0.3, 0.4) is 0 Å². The SMILES string of the molecule is COC(=O)Cc1cccc(-c2ccc(O)c(CNC(=O)OC(C)(C)C)c2)c1. The number of ether oxygens (including phenoxy) is 2. The van der Waals surface area contributed by atoms with Gasteiger partial charge in [-0.15, -0.1) is 0 Å². The van der Waals surface area contributed by atoms with Gasteiger partial charge in [-0.2, -0.15) is 0 Å². The van der Waals surface area contributed by atoms with Crippen LogP contribution in [-0.4, -0.2) is 29.9 Å². The summed E-state index contributed by atoms with van der Waals surface area (Å²) < 4.78 is 9.90. The number of nitrogens with one attached hydrogen (secondary N) is 1. The van der Waals surface area contributed by atoms with Crippen molar-refractivity contribution in [3.8, 4) is 16.9 Å². The maximum atomic E-state index is 11.8. The molecule has 144 valence electrons. The highest BCUT2D eigenvalue weighted by Gasteiger charge is 2.16. The van der Waals surface area contributed by atoms with Crippen molar-refractivity contribution in [2.75, 3.05) is 7.11 Å². The second-order valence-corrected chi connectivity index (χ2v) is 7.15. The average Bonchev–Trinajstić information content (AvgIpc) is 2.59. The summed E-state index contributed by atoms with van der Waals surface area (Å²) in [4.78, 5) is 23.3. The van der Waals surface area contributed by atoms with Gasteiger partial charge in [-0.1, -0.05) is 30.3 Å². The molecule has 0 aromatic heterocycles. The third-order valence-corrected chi connectivity index (χ3v) is 3.74. The first-order chi connectivity index (χ1) is 12.7. The van der Waals surface area contributed by atoms with Crippen LogP contribution in [0.4, 0.5) is 4.79 Å². The number of rotatable bonds is 5. The third kappa shape index (κ3) is 6.33. The molecule has 0 saturated heterocycles. The molecule has 2 aromatic rings. The molecule has 2 rings (SSSR count). The first-order valence-corrected chi connectivity index (χ1v) is 8.63. The summed E-state index contributed by atoms with van der Waals surface area (Å²) in [5.74, 6) is -0.222. The largest absolute Gasteiger partial charge is 0.508 e. The number of carbonyl (C=O) groups is 2. The Kier molecular flexibility index (Phi) is 6.45. The first-order valence-electron chi connectivity index (χ1n) is 8.63. The fraction of sp³-hybridized carbons (Fsp3) is 0.333. The van der Waals surface area contributed by atoms with Crippen molar-refractivity contribution in [2.24, 2.45) is 0 Å². The lowest BCUT2D eigenvalue weighted by atomic mass is 9.99. The Balaban J connectivity index is 2.16. The summed E-state index contributed by atoms with van der Waals surface area (Å²) in [6.07, 6.45) is -0.359. The molecule has 6 heteroatoms. The zero-order valence-electron chi connectivity index (χ0n) is 16.0. The minimum absolute atomic E-state index is 0.0838. The molecular formula is C21H25NO5. The second-order valence-electron chi connectivity index (χ2n) is 7.15. The highest BCUT2D eigenvalue weighted by atomic mass is 16.6. The fourth-order valence-corrected chi connectivity index (χ4v) is 2.49. The van der Waals surface area contributed by atoms with E-state index in [0.717, 1.165) is 16.7 Å². The van der Waals surface area contributed by atoms with Gasteiger partial charge in [0.15, 0.2) is 0 Å². The van der Waals surface area contributed by atoms with Gasteiger partial charge in [0.05, 0.1) is 13.5 Å². The topological polar surface area (TPSA) is 84.9 Å². The lowest BCUT2D eigenvalue weighted by Crippen LogP contribution is -2.32. The molecule has 1 amide bonds. The van der Waals surface area contributed by atoms with Crippen molar-refractivity contribution in [1.29, 1.82) is 0 Å². The molecule has 0 spiro atoms. The Morgan fingerprint density at radius 1 is 1.07 bits per heavy atom. The van der Waals surface area contributed by atoms with Gasteiger partial charge in [0.1, 0.15) is 11.4 Å². The van der Waals surface area contributed by atoms with Crippen LogP contribution in [0.2, 0.25) is 0 Å². The summed E-state index contributed by atoms with van der Waals surface area (Å²) in [5.41, 5.74) is 2.57. The van der Waals surface area contributed by atoms with Gasteiger partial charge in [-0.25, -0.2) is 4.79 Å². The van der Waals surface area contributed by atoms with Crippen molar-refractivity contribution >= 4 is 12.1 Å². The molecule has 0 aliphatic carbocycles. The standard InChI is InChI=1S/C21H25NO5/c1-21(2,3)27-20(25)22-13-17-12-16(8-9-18(17)23)15-7-5-6-14(10-15)11-19(24)26-4/h5-10,12,23H,11,13H2,1-4H3,(H,22,25). The predicted molar refractivity (Wildman–Crippen MR) is 102 cm³/mol. The Labute approximate surface area is 159 Å². The molecule has 0 unspecified atom stereocenters. The molecule has 0 heterocycles. The molecule has 0 bridgehead atoms. The number of esters is 1. The van der Waals surface area contributed by atoms with Crippen molar-refractivity contribution in [1.82, 2.24) is 5.32 Å². The number of amides is 1. The summed E-state index contributed by atoms with van der Waals surface area (Å²) in [6.45, 7) is 5.49. The smallest absolute Gasteiger partial charge is 0.407 e. The van der Waals surface area contributed by atoms with E-state index in [1.165, 1.54) is 7.11 Å². The predicted octanol–water partition coefficient (Wildman–Crippen LogP) is 3.80. The van der Waals surface area contributed by atoms with E-state index in [1.807, 2.05) is 24.3 Å². The fourth-order valence-electron chi connectivity index (χ4n) is 2.49. The van der Waals surface area contributed by atoms with Crippen LogP contribution in [-0.2, 0) is 27.2 Å². The van der Waals surface area contributed by atoms with Gasteiger partial charge in [0.2, 0.25) is 0 Å². The van der Waals surface area contributed by atoms with E-state index in [-0.39, 0.29) is 24.7 Å². The van der Waals surface area contributed by atoms with Gasteiger partial charge >= 0.3 is 12.1 Å². The van der Waals surface area contributed by atoms with Gasteiger partial charge in [-0.05, 0) is 49.6 Å². The van der Waals surface area contributed by atoms with E-state index >= 15 is 0 Å². The lowest BCUT2D eigenvalue weighted by molar-refractivity contribution is -0.139. The molecule has 2 N–H and O–H groups in total. The number of benzene rings is 2. The molecule has 0 radical (unpaired) electrons. The average molecular weight is 371 g/mol. The molecule has 0 saturated carbocycles. The van der Waals surface area contributed by atoms with E-state index in [4.69, 9.17) is 9.47 Å². The number of phenolic OH excluding ortho intramolecular Hbond substituents is 1. The van der Waals surface area contributed by atoms with Crippen molar-refractivity contribution in [2.45, 2.75) is 39.3 Å². The van der Waals surface area contributed by atoms with Crippen LogP contribution in [0.5, 0.6) is 5.75 Å². The quantitative estimate of drug-likeness (QED) is 0.781. The molecule has 0 fully saturated rings. The zero-order chi connectivity index (χ0) is 20.0. The summed E-state index contributed by atoms with van der Waals surface area (Å²) in [5, 5.41) is 12.7. The summed E-state index contributed by atoms with van der Waals surface area (Å²) in [6, 6.07) is 12.7. The highest BCUT2D eigenvalue weighted by molar-refractivity contribution is 5.74. The zero-order valence-corrected chi connectivity index (χ0v) is 16.0. The van der Waals surface area contributed by atoms with Gasteiger partial charge < -0.3 is 19.9 Å². The van der Waals surface area contributed by atoms with Crippen molar-refractivity contribution in [3.63, 3.8) is 0 Å². The van der Waals surface area contributed by atoms with Gasteiger partial charge in [0.25, 0.3) is 0 Å². The number of methoxy groups -OCH3 is 1. The van der Waals surface area contributed by atoms with E-state index in [9.17, 15) is 14.7 Å². The van der Waals surface area contributed by atoms with Crippen LogP contribution in [0.15, 0.2) is 42.5 Å². The monoisotopic (exact) mass is 371 g/mol. The first kappa shape index (κ1) is 20.3. The maximum absolute atomic E-state index is 11.8. The number of aromatic hydroxyl groups is 1. The maximum Gasteiger partial charge on any atom is 0.407 e. The van der Waals surface area contributed by atoms with Gasteiger partial charge in [0, 0.05) is 12.1 Å². The minimum atomic E-state index is -0.589. The second kappa shape index (κ2) is 8.58.